The Balaban J connectivity index is 1.31. The predicted molar refractivity (Wildman–Crippen MR) is 97.1 cm³/mol. The Hall–Kier alpha value is -2.97. The van der Waals surface area contributed by atoms with Crippen molar-refractivity contribution < 1.29 is 18.0 Å². The Kier molecular flexibility index (Phi) is 4.07. The second-order valence-electron chi connectivity index (χ2n) is 7.78. The molecule has 3 atom stereocenters. The van der Waals surface area contributed by atoms with Gasteiger partial charge >= 0.3 is 6.18 Å². The second kappa shape index (κ2) is 6.53. The van der Waals surface area contributed by atoms with E-state index in [4.69, 9.17) is 0 Å². The maximum Gasteiger partial charge on any atom is 0.416 e. The highest BCUT2D eigenvalue weighted by atomic mass is 19.4. The molecule has 3 heterocycles. The van der Waals surface area contributed by atoms with Gasteiger partial charge in [0.2, 0.25) is 5.82 Å². The van der Waals surface area contributed by atoms with Gasteiger partial charge in [-0.05, 0) is 48.3 Å². The van der Waals surface area contributed by atoms with Crippen LogP contribution in [0.5, 0.6) is 0 Å². The van der Waals surface area contributed by atoms with E-state index >= 15 is 0 Å². The molecular formula is C20H18F3N5O. The molecule has 3 aromatic rings. The van der Waals surface area contributed by atoms with Crippen LogP contribution >= 0.6 is 0 Å². The first-order valence-corrected chi connectivity index (χ1v) is 9.53. The van der Waals surface area contributed by atoms with E-state index in [0.29, 0.717) is 37.3 Å². The largest absolute Gasteiger partial charge is 0.416 e. The van der Waals surface area contributed by atoms with Crippen LogP contribution in [-0.4, -0.2) is 43.5 Å². The molecule has 2 aliphatic rings. The van der Waals surface area contributed by atoms with Crippen LogP contribution in [0.25, 0.3) is 5.78 Å². The number of halogens is 3. The zero-order chi connectivity index (χ0) is 20.2. The summed E-state index contributed by atoms with van der Waals surface area (Å²) in [5.41, 5.74) is -0.167. The van der Waals surface area contributed by atoms with E-state index in [1.165, 1.54) is 10.6 Å². The van der Waals surface area contributed by atoms with Crippen molar-refractivity contribution in [3.63, 3.8) is 0 Å². The molecular weight excluding hydrogens is 383 g/mol. The molecule has 5 rings (SSSR count). The van der Waals surface area contributed by atoms with Crippen molar-refractivity contribution in [2.24, 2.45) is 11.8 Å². The lowest BCUT2D eigenvalue weighted by Gasteiger charge is -2.21. The standard InChI is InChI=1S/C20H18F3N5O/c21-20(22,23)16-5-2-1-4-15(16)12-8-13-10-27(11-14(13)9-12)18(29)17-25-19-24-6-3-7-28(19)26-17/h1-7,12-14H,8-11H2/t12-,13-,14+. The lowest BCUT2D eigenvalue weighted by atomic mass is 9.91. The van der Waals surface area contributed by atoms with Gasteiger partial charge in [-0.2, -0.15) is 18.2 Å². The molecule has 150 valence electrons. The van der Waals surface area contributed by atoms with Crippen LogP contribution < -0.4 is 0 Å². The first-order valence-electron chi connectivity index (χ1n) is 9.53. The van der Waals surface area contributed by atoms with Crippen molar-refractivity contribution in [2.45, 2.75) is 24.9 Å². The Morgan fingerprint density at radius 2 is 1.79 bits per heavy atom. The molecule has 0 N–H and O–H groups in total. The molecule has 29 heavy (non-hydrogen) atoms. The van der Waals surface area contributed by atoms with E-state index in [9.17, 15) is 18.0 Å². The van der Waals surface area contributed by atoms with Gasteiger partial charge in [-0.3, -0.25) is 4.79 Å². The normalized spacial score (nSPS) is 24.2. The molecule has 0 unspecified atom stereocenters. The van der Waals surface area contributed by atoms with Crippen LogP contribution in [0.2, 0.25) is 0 Å². The smallest absolute Gasteiger partial charge is 0.335 e. The third-order valence-electron chi connectivity index (χ3n) is 6.05. The lowest BCUT2D eigenvalue weighted by Crippen LogP contribution is -2.30. The predicted octanol–water partition coefficient (Wildman–Crippen LogP) is 3.41. The van der Waals surface area contributed by atoms with Crippen molar-refractivity contribution in [3.05, 3.63) is 59.7 Å². The number of rotatable bonds is 2. The van der Waals surface area contributed by atoms with Gasteiger partial charge in [0.15, 0.2) is 0 Å². The molecule has 2 aromatic heterocycles. The van der Waals surface area contributed by atoms with Crippen molar-refractivity contribution in [3.8, 4) is 0 Å². The third-order valence-corrected chi connectivity index (χ3v) is 6.05. The first-order chi connectivity index (χ1) is 13.9. The lowest BCUT2D eigenvalue weighted by molar-refractivity contribution is -0.138. The van der Waals surface area contributed by atoms with Gasteiger partial charge < -0.3 is 4.90 Å². The van der Waals surface area contributed by atoms with E-state index in [1.54, 1.807) is 35.5 Å². The van der Waals surface area contributed by atoms with Crippen LogP contribution in [-0.2, 0) is 6.18 Å². The zero-order valence-electron chi connectivity index (χ0n) is 15.4. The SMILES string of the molecule is O=C(c1nc2ncccn2n1)N1C[C@H]2C[C@@H](c3ccccc3C(F)(F)F)C[C@H]2C1. The van der Waals surface area contributed by atoms with E-state index in [1.807, 2.05) is 0 Å². The summed E-state index contributed by atoms with van der Waals surface area (Å²) in [7, 11) is 0. The summed E-state index contributed by atoms with van der Waals surface area (Å²) in [6, 6.07) is 7.54. The minimum atomic E-state index is -4.35. The molecule has 1 aromatic carbocycles. The van der Waals surface area contributed by atoms with Crippen molar-refractivity contribution in [2.75, 3.05) is 13.1 Å². The Morgan fingerprint density at radius 1 is 1.07 bits per heavy atom. The molecule has 1 amide bonds. The summed E-state index contributed by atoms with van der Waals surface area (Å²) in [6.45, 7) is 1.05. The van der Waals surface area contributed by atoms with Gasteiger partial charge in [0.25, 0.3) is 11.7 Å². The van der Waals surface area contributed by atoms with E-state index in [-0.39, 0.29) is 29.5 Å². The number of hydrogen-bond donors (Lipinski definition) is 0. The fourth-order valence-electron chi connectivity index (χ4n) is 4.80. The van der Waals surface area contributed by atoms with Crippen LogP contribution in [0.15, 0.2) is 42.7 Å². The van der Waals surface area contributed by atoms with Gasteiger partial charge in [-0.1, -0.05) is 18.2 Å². The average molecular weight is 401 g/mol. The van der Waals surface area contributed by atoms with Crippen LogP contribution in [0.4, 0.5) is 13.2 Å². The van der Waals surface area contributed by atoms with Crippen LogP contribution in [0.1, 0.15) is 40.5 Å². The number of benzene rings is 1. The summed E-state index contributed by atoms with van der Waals surface area (Å²) >= 11 is 0. The fourth-order valence-corrected chi connectivity index (χ4v) is 4.80. The Bertz CT molecular complexity index is 1030. The summed E-state index contributed by atoms with van der Waals surface area (Å²) < 4.78 is 41.5. The Labute approximate surface area is 164 Å². The minimum Gasteiger partial charge on any atom is -0.335 e. The number of amides is 1. The van der Waals surface area contributed by atoms with Gasteiger partial charge in [-0.25, -0.2) is 9.50 Å². The molecule has 1 saturated carbocycles. The molecule has 0 bridgehead atoms. The Morgan fingerprint density at radius 3 is 2.48 bits per heavy atom. The number of carbonyl (C=O) groups excluding carboxylic acids is 1. The molecule has 0 radical (unpaired) electrons. The number of fused-ring (bicyclic) bond motifs is 2. The minimum absolute atomic E-state index is 0.0997. The number of aromatic nitrogens is 4. The van der Waals surface area contributed by atoms with Crippen molar-refractivity contribution >= 4 is 11.7 Å². The van der Waals surface area contributed by atoms with Crippen molar-refractivity contribution in [1.82, 2.24) is 24.5 Å². The topological polar surface area (TPSA) is 63.4 Å². The number of carbonyl (C=O) groups is 1. The molecule has 6 nitrogen and oxygen atoms in total. The van der Waals surface area contributed by atoms with E-state index in [0.717, 1.165) is 6.07 Å². The number of hydrogen-bond acceptors (Lipinski definition) is 4. The zero-order valence-corrected chi connectivity index (χ0v) is 15.4. The quantitative estimate of drug-likeness (QED) is 0.660. The van der Waals surface area contributed by atoms with Gasteiger partial charge in [0.05, 0.1) is 5.56 Å². The third kappa shape index (κ3) is 3.14. The van der Waals surface area contributed by atoms with E-state index in [2.05, 4.69) is 15.1 Å². The maximum atomic E-state index is 13.4. The number of nitrogens with zero attached hydrogens (tertiary/aromatic N) is 5. The molecule has 2 fully saturated rings. The first kappa shape index (κ1) is 18.1. The highest BCUT2D eigenvalue weighted by molar-refractivity contribution is 5.91. The van der Waals surface area contributed by atoms with Gasteiger partial charge in [0.1, 0.15) is 0 Å². The summed E-state index contributed by atoms with van der Waals surface area (Å²) in [6.07, 6.45) is 0.216. The number of likely N-dealkylation sites (tertiary alicyclic amines) is 1. The van der Waals surface area contributed by atoms with Crippen LogP contribution in [0.3, 0.4) is 0 Å². The molecule has 1 aliphatic carbocycles. The van der Waals surface area contributed by atoms with Crippen molar-refractivity contribution in [1.29, 1.82) is 0 Å². The van der Waals surface area contributed by atoms with Gasteiger partial charge in [-0.15, -0.1) is 5.10 Å². The maximum absolute atomic E-state index is 13.4. The van der Waals surface area contributed by atoms with E-state index < -0.39 is 11.7 Å². The molecule has 1 aliphatic heterocycles. The summed E-state index contributed by atoms with van der Waals surface area (Å²) in [5.74, 6) is 0.470. The van der Waals surface area contributed by atoms with Gasteiger partial charge in [0, 0.05) is 25.5 Å². The molecule has 0 spiro atoms. The highest BCUT2D eigenvalue weighted by Crippen LogP contribution is 2.48. The highest BCUT2D eigenvalue weighted by Gasteiger charge is 2.45. The monoisotopic (exact) mass is 401 g/mol. The molecule has 9 heteroatoms. The fraction of sp³-hybridized carbons (Fsp3) is 0.400. The number of alkyl halides is 3. The second-order valence-corrected chi connectivity index (χ2v) is 7.78. The molecule has 1 saturated heterocycles. The van der Waals surface area contributed by atoms with Crippen LogP contribution in [0, 0.1) is 11.8 Å². The average Bonchev–Trinajstić information content (AvgIpc) is 3.39. The summed E-state index contributed by atoms with van der Waals surface area (Å²) in [4.78, 5) is 22.8. The summed E-state index contributed by atoms with van der Waals surface area (Å²) in [5, 5.41) is 4.18.